The molecule has 4 rings (SSSR count). The molecule has 0 saturated carbocycles. The van der Waals surface area contributed by atoms with Crippen LogP contribution < -0.4 is 4.74 Å². The highest BCUT2D eigenvalue weighted by Gasteiger charge is 2.39. The van der Waals surface area contributed by atoms with Crippen molar-refractivity contribution in [2.24, 2.45) is 0 Å². The molecule has 2 nitrogen and oxygen atoms in total. The van der Waals surface area contributed by atoms with E-state index in [-0.39, 0.29) is 0 Å². The standard InChI is InChI=1S/C17H16ClNO/c1-19-9-12-11-5-2-3-7-15(11)20-16-8-4-6-14(18)17(16)13(12)10-19/h2-8,12-13H,9-10H2,1H3/t12-,13+/m0/s1. The number of benzene rings is 2. The Kier molecular flexibility index (Phi) is 2.76. The summed E-state index contributed by atoms with van der Waals surface area (Å²) in [7, 11) is 2.18. The van der Waals surface area contributed by atoms with E-state index < -0.39 is 0 Å². The van der Waals surface area contributed by atoms with E-state index in [0.717, 1.165) is 29.6 Å². The lowest BCUT2D eigenvalue weighted by Crippen LogP contribution is -2.14. The maximum absolute atomic E-state index is 6.47. The first-order valence-electron chi connectivity index (χ1n) is 6.98. The lowest BCUT2D eigenvalue weighted by atomic mass is 9.84. The highest BCUT2D eigenvalue weighted by Crippen LogP contribution is 2.51. The zero-order chi connectivity index (χ0) is 13.7. The van der Waals surface area contributed by atoms with Crippen LogP contribution in [0.3, 0.4) is 0 Å². The Bertz CT molecular complexity index is 670. The number of hydrogen-bond donors (Lipinski definition) is 0. The zero-order valence-electron chi connectivity index (χ0n) is 11.3. The third kappa shape index (κ3) is 1.75. The number of fused-ring (bicyclic) bond motifs is 5. The maximum atomic E-state index is 6.47. The Balaban J connectivity index is 1.96. The van der Waals surface area contributed by atoms with E-state index in [1.165, 1.54) is 11.1 Å². The Morgan fingerprint density at radius 1 is 1.00 bits per heavy atom. The summed E-state index contributed by atoms with van der Waals surface area (Å²) in [6, 6.07) is 14.3. The molecule has 0 N–H and O–H groups in total. The molecule has 2 heterocycles. The highest BCUT2D eigenvalue weighted by atomic mass is 35.5. The Labute approximate surface area is 123 Å². The van der Waals surface area contributed by atoms with Crippen molar-refractivity contribution >= 4 is 11.6 Å². The predicted octanol–water partition coefficient (Wildman–Crippen LogP) is 4.26. The van der Waals surface area contributed by atoms with Crippen molar-refractivity contribution < 1.29 is 4.74 Å². The van der Waals surface area contributed by atoms with Crippen molar-refractivity contribution in [2.45, 2.75) is 11.8 Å². The quantitative estimate of drug-likeness (QED) is 0.717. The van der Waals surface area contributed by atoms with Crippen LogP contribution in [0.2, 0.25) is 5.02 Å². The SMILES string of the molecule is CN1C[C@H]2c3ccccc3Oc3cccc(Cl)c3[C@@H]2C1. The third-order valence-corrected chi connectivity index (χ3v) is 4.75. The van der Waals surface area contributed by atoms with Crippen molar-refractivity contribution in [3.8, 4) is 11.5 Å². The van der Waals surface area contributed by atoms with Gasteiger partial charge in [-0.3, -0.25) is 0 Å². The molecule has 102 valence electrons. The Hall–Kier alpha value is -1.51. The molecule has 0 unspecified atom stereocenters. The van der Waals surface area contributed by atoms with E-state index in [0.29, 0.717) is 11.8 Å². The molecular formula is C17H16ClNO. The second-order valence-corrected chi connectivity index (χ2v) is 6.13. The molecule has 0 radical (unpaired) electrons. The number of para-hydroxylation sites is 1. The van der Waals surface area contributed by atoms with Gasteiger partial charge in [0.2, 0.25) is 0 Å². The van der Waals surface area contributed by atoms with Crippen LogP contribution in [-0.4, -0.2) is 25.0 Å². The number of likely N-dealkylation sites (N-methyl/N-ethyl adjacent to an activating group) is 1. The maximum Gasteiger partial charge on any atom is 0.132 e. The van der Waals surface area contributed by atoms with E-state index in [4.69, 9.17) is 16.3 Å². The number of hydrogen-bond acceptors (Lipinski definition) is 2. The first-order chi connectivity index (χ1) is 9.74. The predicted molar refractivity (Wildman–Crippen MR) is 80.9 cm³/mol. The highest BCUT2D eigenvalue weighted by molar-refractivity contribution is 6.31. The fraction of sp³-hybridized carbons (Fsp3) is 0.294. The van der Waals surface area contributed by atoms with Gasteiger partial charge < -0.3 is 9.64 Å². The number of rotatable bonds is 0. The fourth-order valence-electron chi connectivity index (χ4n) is 3.57. The van der Waals surface area contributed by atoms with Gasteiger partial charge >= 0.3 is 0 Å². The molecule has 0 bridgehead atoms. The summed E-state index contributed by atoms with van der Waals surface area (Å²) in [5.74, 6) is 2.75. The largest absolute Gasteiger partial charge is 0.457 e. The first kappa shape index (κ1) is 12.2. The van der Waals surface area contributed by atoms with E-state index in [1.54, 1.807) is 0 Å². The van der Waals surface area contributed by atoms with Crippen LogP contribution in [0.5, 0.6) is 11.5 Å². The molecule has 0 aliphatic carbocycles. The fourth-order valence-corrected chi connectivity index (χ4v) is 3.88. The molecule has 2 aliphatic heterocycles. The van der Waals surface area contributed by atoms with Crippen LogP contribution in [0.4, 0.5) is 0 Å². The summed E-state index contributed by atoms with van der Waals surface area (Å²) >= 11 is 6.47. The van der Waals surface area contributed by atoms with Crippen molar-refractivity contribution in [2.75, 3.05) is 20.1 Å². The molecule has 3 heteroatoms. The molecular weight excluding hydrogens is 270 g/mol. The van der Waals surface area contributed by atoms with E-state index in [9.17, 15) is 0 Å². The number of halogens is 1. The lowest BCUT2D eigenvalue weighted by Gasteiger charge is -2.18. The summed E-state index contributed by atoms with van der Waals surface area (Å²) in [5, 5.41) is 0.820. The molecule has 0 amide bonds. The van der Waals surface area contributed by atoms with Crippen molar-refractivity contribution in [1.82, 2.24) is 4.90 Å². The minimum absolute atomic E-state index is 0.410. The Morgan fingerprint density at radius 3 is 2.65 bits per heavy atom. The van der Waals surface area contributed by atoms with Gasteiger partial charge in [0.05, 0.1) is 0 Å². The summed E-state index contributed by atoms with van der Waals surface area (Å²) in [6.07, 6.45) is 0. The van der Waals surface area contributed by atoms with Gasteiger partial charge in [0.1, 0.15) is 11.5 Å². The summed E-state index contributed by atoms with van der Waals surface area (Å²) in [5.41, 5.74) is 2.47. The molecule has 0 spiro atoms. The summed E-state index contributed by atoms with van der Waals surface area (Å²) < 4.78 is 6.15. The van der Waals surface area contributed by atoms with Gasteiger partial charge in [-0.1, -0.05) is 35.9 Å². The zero-order valence-corrected chi connectivity index (χ0v) is 12.1. The van der Waals surface area contributed by atoms with Gasteiger partial charge in [0.15, 0.2) is 0 Å². The average Bonchev–Trinajstić information content (AvgIpc) is 2.75. The molecule has 2 aromatic rings. The van der Waals surface area contributed by atoms with Crippen LogP contribution >= 0.6 is 11.6 Å². The molecule has 1 saturated heterocycles. The number of likely N-dealkylation sites (tertiary alicyclic amines) is 1. The van der Waals surface area contributed by atoms with Gasteiger partial charge in [-0.2, -0.15) is 0 Å². The van der Waals surface area contributed by atoms with Crippen LogP contribution in [0.15, 0.2) is 42.5 Å². The van der Waals surface area contributed by atoms with Crippen LogP contribution in [0.1, 0.15) is 23.0 Å². The molecule has 2 atom stereocenters. The van der Waals surface area contributed by atoms with Gasteiger partial charge in [-0.15, -0.1) is 0 Å². The minimum atomic E-state index is 0.410. The topological polar surface area (TPSA) is 12.5 Å². The second-order valence-electron chi connectivity index (χ2n) is 5.73. The normalized spacial score (nSPS) is 24.3. The smallest absolute Gasteiger partial charge is 0.132 e. The molecule has 20 heavy (non-hydrogen) atoms. The van der Waals surface area contributed by atoms with E-state index in [2.05, 4.69) is 30.1 Å². The molecule has 0 aromatic heterocycles. The van der Waals surface area contributed by atoms with E-state index >= 15 is 0 Å². The first-order valence-corrected chi connectivity index (χ1v) is 7.35. The van der Waals surface area contributed by atoms with Gasteiger partial charge in [-0.05, 0) is 30.8 Å². The minimum Gasteiger partial charge on any atom is -0.457 e. The molecule has 1 fully saturated rings. The van der Waals surface area contributed by atoms with Gasteiger partial charge in [0, 0.05) is 35.5 Å². The van der Waals surface area contributed by atoms with Crippen molar-refractivity contribution in [3.63, 3.8) is 0 Å². The van der Waals surface area contributed by atoms with Gasteiger partial charge in [0.25, 0.3) is 0 Å². The third-order valence-electron chi connectivity index (χ3n) is 4.42. The van der Waals surface area contributed by atoms with Crippen LogP contribution in [0, 0.1) is 0 Å². The lowest BCUT2D eigenvalue weighted by molar-refractivity contribution is 0.401. The molecule has 2 aliphatic rings. The Morgan fingerprint density at radius 2 is 1.75 bits per heavy atom. The van der Waals surface area contributed by atoms with Crippen LogP contribution in [0.25, 0.3) is 0 Å². The number of ether oxygens (including phenoxy) is 1. The number of nitrogens with zero attached hydrogens (tertiary/aromatic N) is 1. The second kappa shape index (κ2) is 4.51. The summed E-state index contributed by atoms with van der Waals surface area (Å²) in [6.45, 7) is 2.08. The average molecular weight is 286 g/mol. The van der Waals surface area contributed by atoms with Crippen molar-refractivity contribution in [3.05, 3.63) is 58.6 Å². The van der Waals surface area contributed by atoms with E-state index in [1.807, 2.05) is 24.3 Å². The van der Waals surface area contributed by atoms with Crippen LogP contribution in [-0.2, 0) is 0 Å². The van der Waals surface area contributed by atoms with Gasteiger partial charge in [-0.25, -0.2) is 0 Å². The monoisotopic (exact) mass is 285 g/mol. The van der Waals surface area contributed by atoms with Crippen molar-refractivity contribution in [1.29, 1.82) is 0 Å². The molecule has 2 aromatic carbocycles. The summed E-state index contributed by atoms with van der Waals surface area (Å²) in [4.78, 5) is 2.38.